The first kappa shape index (κ1) is 12.8. The van der Waals surface area contributed by atoms with Crippen LogP contribution in [0.2, 0.25) is 0 Å². The molecule has 1 heterocycles. The van der Waals surface area contributed by atoms with Gasteiger partial charge in [0.25, 0.3) is 11.5 Å². The van der Waals surface area contributed by atoms with E-state index in [9.17, 15) is 9.59 Å². The van der Waals surface area contributed by atoms with Crippen molar-refractivity contribution in [1.29, 1.82) is 0 Å². The number of carbonyl (C=O) groups excluding carboxylic acids is 1. The maximum absolute atomic E-state index is 11.8. The highest BCUT2D eigenvalue weighted by Crippen LogP contribution is 2.15. The first-order chi connectivity index (χ1) is 9.06. The van der Waals surface area contributed by atoms with Crippen LogP contribution in [0.5, 0.6) is 0 Å². The van der Waals surface area contributed by atoms with Crippen molar-refractivity contribution >= 4 is 17.3 Å². The fraction of sp³-hybridized carbons (Fsp3) is 0.154. The van der Waals surface area contributed by atoms with Gasteiger partial charge in [0, 0.05) is 31.5 Å². The van der Waals surface area contributed by atoms with Crippen molar-refractivity contribution in [2.24, 2.45) is 0 Å². The van der Waals surface area contributed by atoms with Crippen LogP contribution in [0.25, 0.3) is 0 Å². The first-order valence-corrected chi connectivity index (χ1v) is 5.70. The van der Waals surface area contributed by atoms with Crippen LogP contribution >= 0.6 is 0 Å². The first-order valence-electron chi connectivity index (χ1n) is 5.70. The van der Waals surface area contributed by atoms with E-state index < -0.39 is 5.91 Å². The van der Waals surface area contributed by atoms with E-state index >= 15 is 0 Å². The van der Waals surface area contributed by atoms with Crippen molar-refractivity contribution in [2.75, 3.05) is 24.3 Å². The van der Waals surface area contributed by atoms with Gasteiger partial charge in [-0.05, 0) is 24.3 Å². The van der Waals surface area contributed by atoms with E-state index in [-0.39, 0.29) is 11.3 Å². The summed E-state index contributed by atoms with van der Waals surface area (Å²) in [5.74, 6) is -0.413. The minimum Gasteiger partial charge on any atom is -0.378 e. The van der Waals surface area contributed by atoms with E-state index in [0.717, 1.165) is 11.8 Å². The number of nitrogens with one attached hydrogen (secondary N) is 2. The predicted octanol–water partition coefficient (Wildman–Crippen LogP) is 1.09. The molecular formula is C13H14N4O2. The molecule has 1 amide bonds. The monoisotopic (exact) mass is 258 g/mol. The van der Waals surface area contributed by atoms with Gasteiger partial charge in [0.2, 0.25) is 0 Å². The average Bonchev–Trinajstić information content (AvgIpc) is 2.39. The number of carbonyl (C=O) groups is 1. The molecule has 0 aliphatic rings. The number of rotatable bonds is 3. The van der Waals surface area contributed by atoms with Crippen molar-refractivity contribution < 1.29 is 4.79 Å². The smallest absolute Gasteiger partial charge is 0.274 e. The third-order valence-corrected chi connectivity index (χ3v) is 2.55. The molecule has 1 aromatic heterocycles. The molecular weight excluding hydrogens is 244 g/mol. The van der Waals surface area contributed by atoms with E-state index in [1.165, 1.54) is 6.33 Å². The number of benzene rings is 1. The Bertz CT molecular complexity index is 632. The number of hydrogen-bond donors (Lipinski definition) is 2. The lowest BCUT2D eigenvalue weighted by Crippen LogP contribution is -2.17. The lowest BCUT2D eigenvalue weighted by Gasteiger charge is -2.12. The van der Waals surface area contributed by atoms with Crippen LogP contribution in [0.4, 0.5) is 11.4 Å². The topological polar surface area (TPSA) is 78.1 Å². The van der Waals surface area contributed by atoms with Gasteiger partial charge >= 0.3 is 0 Å². The zero-order valence-corrected chi connectivity index (χ0v) is 10.7. The van der Waals surface area contributed by atoms with Crippen LogP contribution < -0.4 is 15.8 Å². The molecule has 2 aromatic rings. The molecule has 98 valence electrons. The van der Waals surface area contributed by atoms with Crippen molar-refractivity contribution in [1.82, 2.24) is 9.97 Å². The largest absolute Gasteiger partial charge is 0.378 e. The van der Waals surface area contributed by atoms with E-state index in [1.54, 1.807) is 12.1 Å². The molecule has 19 heavy (non-hydrogen) atoms. The van der Waals surface area contributed by atoms with Crippen molar-refractivity contribution in [3.8, 4) is 0 Å². The van der Waals surface area contributed by atoms with E-state index in [0.29, 0.717) is 5.69 Å². The molecule has 2 N–H and O–H groups in total. The predicted molar refractivity (Wildman–Crippen MR) is 73.6 cm³/mol. The summed E-state index contributed by atoms with van der Waals surface area (Å²) in [7, 11) is 3.88. The van der Waals surface area contributed by atoms with Gasteiger partial charge in [-0.3, -0.25) is 9.59 Å². The molecule has 6 heteroatoms. The summed E-state index contributed by atoms with van der Waals surface area (Å²) >= 11 is 0. The van der Waals surface area contributed by atoms with Gasteiger partial charge in [-0.25, -0.2) is 4.98 Å². The number of amides is 1. The number of hydrogen-bond acceptors (Lipinski definition) is 4. The van der Waals surface area contributed by atoms with Crippen molar-refractivity contribution in [3.05, 3.63) is 52.7 Å². The highest BCUT2D eigenvalue weighted by Gasteiger charge is 2.08. The Balaban J connectivity index is 2.13. The highest BCUT2D eigenvalue weighted by atomic mass is 16.2. The molecule has 0 bridgehead atoms. The van der Waals surface area contributed by atoms with Crippen LogP contribution in [0.3, 0.4) is 0 Å². The maximum Gasteiger partial charge on any atom is 0.274 e. The summed E-state index contributed by atoms with van der Waals surface area (Å²) in [5.41, 5.74) is 1.41. The van der Waals surface area contributed by atoms with Gasteiger partial charge in [0.1, 0.15) is 5.69 Å². The van der Waals surface area contributed by atoms with E-state index in [1.807, 2.05) is 31.1 Å². The third-order valence-electron chi connectivity index (χ3n) is 2.55. The number of nitrogens with zero attached hydrogens (tertiary/aromatic N) is 2. The Morgan fingerprint density at radius 3 is 2.53 bits per heavy atom. The Hall–Kier alpha value is -2.63. The number of H-pyrrole nitrogens is 1. The molecule has 0 atom stereocenters. The molecule has 0 aliphatic heterocycles. The van der Waals surface area contributed by atoms with Crippen LogP contribution in [0.15, 0.2) is 41.5 Å². The standard InChI is InChI=1S/C13H14N4O2/c1-17(2)10-5-3-9(4-6-10)16-13(19)11-7-12(18)15-8-14-11/h3-8H,1-2H3,(H,16,19)(H,14,15,18). The Morgan fingerprint density at radius 2 is 1.95 bits per heavy atom. The van der Waals surface area contributed by atoms with Gasteiger partial charge in [-0.2, -0.15) is 0 Å². The van der Waals surface area contributed by atoms with Crippen molar-refractivity contribution in [3.63, 3.8) is 0 Å². The normalized spacial score (nSPS) is 10.0. The van der Waals surface area contributed by atoms with E-state index in [2.05, 4.69) is 15.3 Å². The van der Waals surface area contributed by atoms with Gasteiger partial charge < -0.3 is 15.2 Å². The zero-order valence-electron chi connectivity index (χ0n) is 10.7. The second-order valence-corrected chi connectivity index (χ2v) is 4.19. The van der Waals surface area contributed by atoms with Gasteiger partial charge in [0.05, 0.1) is 6.33 Å². The SMILES string of the molecule is CN(C)c1ccc(NC(=O)c2cc(=O)[nH]cn2)cc1. The molecule has 6 nitrogen and oxygen atoms in total. The van der Waals surface area contributed by atoms with Gasteiger partial charge in [-0.1, -0.05) is 0 Å². The number of aromatic amines is 1. The molecule has 0 unspecified atom stereocenters. The Kier molecular flexibility index (Phi) is 3.61. The van der Waals surface area contributed by atoms with Crippen LogP contribution in [-0.2, 0) is 0 Å². The Labute approximate surface area is 110 Å². The maximum atomic E-state index is 11.8. The lowest BCUT2D eigenvalue weighted by molar-refractivity contribution is 0.102. The summed E-state index contributed by atoms with van der Waals surface area (Å²) in [6, 6.07) is 8.52. The zero-order chi connectivity index (χ0) is 13.8. The minimum atomic E-state index is -0.413. The fourth-order valence-corrected chi connectivity index (χ4v) is 1.53. The summed E-state index contributed by atoms with van der Waals surface area (Å²) in [6.45, 7) is 0. The summed E-state index contributed by atoms with van der Waals surface area (Å²) in [4.78, 5) is 31.1. The molecule has 0 fully saturated rings. The second kappa shape index (κ2) is 5.34. The molecule has 2 rings (SSSR count). The third kappa shape index (κ3) is 3.19. The van der Waals surface area contributed by atoms with Crippen LogP contribution in [0.1, 0.15) is 10.5 Å². The molecule has 0 radical (unpaired) electrons. The summed E-state index contributed by atoms with van der Waals surface area (Å²) in [6.07, 6.45) is 1.20. The highest BCUT2D eigenvalue weighted by molar-refractivity contribution is 6.02. The molecule has 0 aliphatic carbocycles. The molecule has 0 saturated heterocycles. The quantitative estimate of drug-likeness (QED) is 0.863. The number of anilines is 2. The molecule has 0 saturated carbocycles. The molecule has 0 spiro atoms. The fourth-order valence-electron chi connectivity index (χ4n) is 1.53. The Morgan fingerprint density at radius 1 is 1.26 bits per heavy atom. The lowest BCUT2D eigenvalue weighted by atomic mass is 10.2. The average molecular weight is 258 g/mol. The van der Waals surface area contributed by atoms with E-state index in [4.69, 9.17) is 0 Å². The van der Waals surface area contributed by atoms with Crippen molar-refractivity contribution in [2.45, 2.75) is 0 Å². The van der Waals surface area contributed by atoms with Gasteiger partial charge in [0.15, 0.2) is 0 Å². The van der Waals surface area contributed by atoms with Gasteiger partial charge in [-0.15, -0.1) is 0 Å². The summed E-state index contributed by atoms with van der Waals surface area (Å²) < 4.78 is 0. The minimum absolute atomic E-state index is 0.0837. The molecule has 1 aromatic carbocycles. The second-order valence-electron chi connectivity index (χ2n) is 4.19. The summed E-state index contributed by atoms with van der Waals surface area (Å²) in [5, 5.41) is 2.68. The number of aromatic nitrogens is 2. The van der Waals surface area contributed by atoms with Crippen LogP contribution in [-0.4, -0.2) is 30.0 Å². The van der Waals surface area contributed by atoms with Crippen LogP contribution in [0, 0.1) is 0 Å².